The van der Waals surface area contributed by atoms with Gasteiger partial charge in [0.15, 0.2) is 6.10 Å². The van der Waals surface area contributed by atoms with Crippen LogP contribution in [0.5, 0.6) is 0 Å². The molecule has 0 radical (unpaired) electrons. The van der Waals surface area contributed by atoms with E-state index in [4.69, 9.17) is 26.8 Å². The van der Waals surface area contributed by atoms with Gasteiger partial charge in [-0.3, -0.25) is 14.5 Å². The number of hydrogen-bond acceptors (Lipinski definition) is 8. The summed E-state index contributed by atoms with van der Waals surface area (Å²) in [5, 5.41) is 2.66. The molecule has 0 bridgehead atoms. The van der Waals surface area contributed by atoms with E-state index in [1.54, 1.807) is 16.7 Å². The lowest BCUT2D eigenvalue weighted by Crippen LogP contribution is -2.52. The number of carbonyl (C=O) groups excluding carboxylic acids is 4. The number of halogens is 4. The average molecular weight is 763 g/mol. The zero-order chi connectivity index (χ0) is 37.9. The van der Waals surface area contributed by atoms with Crippen molar-refractivity contribution >= 4 is 47.0 Å². The van der Waals surface area contributed by atoms with Gasteiger partial charge in [0, 0.05) is 63.5 Å². The first-order chi connectivity index (χ1) is 25.3. The van der Waals surface area contributed by atoms with Gasteiger partial charge in [0.1, 0.15) is 0 Å². The lowest BCUT2D eigenvalue weighted by molar-refractivity contribution is -0.147. The Balaban J connectivity index is 1.11. The molecule has 3 saturated heterocycles. The Morgan fingerprint density at radius 3 is 2.34 bits per heavy atom. The predicted octanol–water partition coefficient (Wildman–Crippen LogP) is 5.42. The van der Waals surface area contributed by atoms with Crippen LogP contribution in [0.4, 0.5) is 34.1 Å². The van der Waals surface area contributed by atoms with Crippen molar-refractivity contribution in [2.75, 3.05) is 63.5 Å². The molecule has 0 spiro atoms. The number of nitrogen functional groups attached to an aromatic ring is 1. The molecule has 2 aromatic carbocycles. The summed E-state index contributed by atoms with van der Waals surface area (Å²) in [6.45, 7) is 5.19. The van der Waals surface area contributed by atoms with Crippen LogP contribution in [0.3, 0.4) is 0 Å². The molecule has 0 saturated carbocycles. The molecule has 288 valence electrons. The summed E-state index contributed by atoms with van der Waals surface area (Å²) in [7, 11) is 0. The number of piperidine rings is 2. The van der Waals surface area contributed by atoms with Gasteiger partial charge in [0.25, 0.3) is 5.91 Å². The van der Waals surface area contributed by atoms with Crippen LogP contribution < -0.4 is 11.1 Å². The van der Waals surface area contributed by atoms with Crippen LogP contribution in [0, 0.1) is 5.92 Å². The highest BCUT2D eigenvalue weighted by Crippen LogP contribution is 2.38. The van der Waals surface area contributed by atoms with Crippen molar-refractivity contribution in [2.45, 2.75) is 76.2 Å². The minimum Gasteiger partial charge on any atom is -0.466 e. The highest BCUT2D eigenvalue weighted by Gasteiger charge is 2.39. The number of esters is 1. The lowest BCUT2D eigenvalue weighted by Gasteiger charge is -2.39. The number of nitrogens with one attached hydrogen (secondary N) is 1. The maximum Gasteiger partial charge on any atom is 0.418 e. The highest BCUT2D eigenvalue weighted by atomic mass is 35.5. The maximum atomic E-state index is 14.0. The monoisotopic (exact) mass is 762 g/mol. The average Bonchev–Trinajstić information content (AvgIpc) is 3.57. The third kappa shape index (κ3) is 8.94. The fraction of sp³-hybridized carbons (Fsp3) is 0.568. The molecule has 4 heterocycles. The van der Waals surface area contributed by atoms with Crippen molar-refractivity contribution in [3.63, 3.8) is 0 Å². The largest absolute Gasteiger partial charge is 0.466 e. The Bertz CT molecular complexity index is 1680. The fourth-order valence-corrected chi connectivity index (χ4v) is 8.18. The lowest BCUT2D eigenvalue weighted by atomic mass is 10.00. The summed E-state index contributed by atoms with van der Waals surface area (Å²) >= 11 is 6.11. The van der Waals surface area contributed by atoms with Crippen LogP contribution in [0.1, 0.15) is 55.7 Å². The van der Waals surface area contributed by atoms with Crippen LogP contribution in [-0.2, 0) is 38.1 Å². The van der Waals surface area contributed by atoms with Gasteiger partial charge in [0.2, 0.25) is 0 Å². The van der Waals surface area contributed by atoms with Gasteiger partial charge in [-0.05, 0) is 81.3 Å². The van der Waals surface area contributed by atoms with E-state index in [0.717, 1.165) is 23.9 Å². The number of alkyl halides is 3. The predicted molar refractivity (Wildman–Crippen MR) is 191 cm³/mol. The number of nitrogens with zero attached hydrogens (tertiary/aromatic N) is 4. The van der Waals surface area contributed by atoms with Crippen molar-refractivity contribution in [3.05, 3.63) is 58.1 Å². The smallest absolute Gasteiger partial charge is 0.418 e. The molecule has 0 aliphatic carbocycles. The van der Waals surface area contributed by atoms with E-state index in [-0.39, 0.29) is 60.1 Å². The van der Waals surface area contributed by atoms with Crippen molar-refractivity contribution in [3.8, 4) is 0 Å². The second kappa shape index (κ2) is 16.4. The van der Waals surface area contributed by atoms with Crippen LogP contribution in [-0.4, -0.2) is 114 Å². The maximum absolute atomic E-state index is 14.0. The summed E-state index contributed by atoms with van der Waals surface area (Å²) in [6.07, 6.45) is -3.70. The van der Waals surface area contributed by atoms with E-state index in [1.165, 1.54) is 11.0 Å². The molecule has 53 heavy (non-hydrogen) atoms. The van der Waals surface area contributed by atoms with Crippen LogP contribution >= 0.6 is 11.6 Å². The third-order valence-corrected chi connectivity index (χ3v) is 11.2. The number of urea groups is 1. The van der Waals surface area contributed by atoms with Crippen molar-refractivity contribution in [1.29, 1.82) is 0 Å². The van der Waals surface area contributed by atoms with Crippen molar-refractivity contribution < 1.29 is 41.8 Å². The SMILES string of the molecule is CCOC(=O)[C@@H]1CCN(C2CCN(C(=O)[C@@H](Cc3cc(Cl)c(N)c(C(F)(F)F)c3)OC(=O)N3CCC(N4CCc5ccccc5NC4=O)CC3)CC2)C1. The van der Waals surface area contributed by atoms with Crippen LogP contribution in [0.2, 0.25) is 5.02 Å². The number of rotatable bonds is 8. The number of para-hydroxylation sites is 1. The minimum absolute atomic E-state index is 0.0477. The molecule has 6 rings (SSSR count). The van der Waals surface area contributed by atoms with Gasteiger partial charge < -0.3 is 35.2 Å². The zero-order valence-electron chi connectivity index (χ0n) is 29.7. The van der Waals surface area contributed by atoms with E-state index in [0.29, 0.717) is 71.3 Å². The standard InChI is InChI=1S/C37H46ClF3N6O6/c1-2-52-34(49)25-7-13-46(22-25)26-9-14-44(15-10-26)33(48)31(21-23-19-28(37(39,40)41)32(42)29(38)20-23)53-36(51)45-16-11-27(12-17-45)47-18-8-24-5-3-4-6-30(24)43-35(47)50/h3-6,19-20,25-27,31H,2,7-18,21-22,42H2,1H3,(H,43,50)/t25-,31-/m1/s1. The number of ether oxygens (including phenoxy) is 2. The van der Waals surface area contributed by atoms with Gasteiger partial charge in [-0.15, -0.1) is 0 Å². The van der Waals surface area contributed by atoms with E-state index in [2.05, 4.69) is 10.2 Å². The fourth-order valence-electron chi connectivity index (χ4n) is 7.94. The Hall–Kier alpha value is -4.24. The molecular formula is C37H46ClF3N6O6. The molecule has 12 nitrogen and oxygen atoms in total. The van der Waals surface area contributed by atoms with Gasteiger partial charge in [0.05, 0.1) is 28.8 Å². The molecule has 4 aliphatic rings. The van der Waals surface area contributed by atoms with E-state index in [9.17, 15) is 32.3 Å². The first-order valence-electron chi connectivity index (χ1n) is 18.3. The summed E-state index contributed by atoms with van der Waals surface area (Å²) in [5.41, 5.74) is 5.78. The summed E-state index contributed by atoms with van der Waals surface area (Å²) in [6, 6.07) is 9.58. The van der Waals surface area contributed by atoms with Crippen molar-refractivity contribution in [1.82, 2.24) is 19.6 Å². The summed E-state index contributed by atoms with van der Waals surface area (Å²) in [4.78, 5) is 60.1. The van der Waals surface area contributed by atoms with E-state index in [1.807, 2.05) is 24.3 Å². The molecule has 0 aromatic heterocycles. The van der Waals surface area contributed by atoms with Crippen LogP contribution in [0.25, 0.3) is 0 Å². The molecule has 0 unspecified atom stereocenters. The molecule has 2 atom stereocenters. The summed E-state index contributed by atoms with van der Waals surface area (Å²) < 4.78 is 52.6. The summed E-state index contributed by atoms with van der Waals surface area (Å²) in [5.74, 6) is -0.901. The minimum atomic E-state index is -4.79. The highest BCUT2D eigenvalue weighted by molar-refractivity contribution is 6.33. The number of hydrogen-bond donors (Lipinski definition) is 2. The zero-order valence-corrected chi connectivity index (χ0v) is 30.5. The quantitative estimate of drug-likeness (QED) is 0.269. The molecular weight excluding hydrogens is 717 g/mol. The molecule has 2 aromatic rings. The Labute approximate surface area is 311 Å². The first-order valence-corrected chi connectivity index (χ1v) is 18.7. The normalized spacial score (nSPS) is 21.1. The van der Waals surface area contributed by atoms with Crippen molar-refractivity contribution in [2.24, 2.45) is 5.92 Å². The van der Waals surface area contributed by atoms with Gasteiger partial charge in [-0.25, -0.2) is 9.59 Å². The Morgan fingerprint density at radius 1 is 0.962 bits per heavy atom. The topological polar surface area (TPSA) is 138 Å². The molecule has 4 amide bonds. The van der Waals surface area contributed by atoms with Gasteiger partial charge >= 0.3 is 24.3 Å². The molecule has 16 heteroatoms. The Morgan fingerprint density at radius 2 is 1.64 bits per heavy atom. The van der Waals surface area contributed by atoms with Crippen LogP contribution in [0.15, 0.2) is 36.4 Å². The molecule has 4 aliphatic heterocycles. The number of amides is 4. The van der Waals surface area contributed by atoms with Gasteiger partial charge in [-0.1, -0.05) is 29.8 Å². The number of benzene rings is 2. The van der Waals surface area contributed by atoms with E-state index >= 15 is 0 Å². The number of likely N-dealkylation sites (tertiary alicyclic amines) is 3. The number of anilines is 2. The number of nitrogens with two attached hydrogens (primary N) is 1. The first kappa shape index (κ1) is 38.5. The van der Waals surface area contributed by atoms with E-state index < -0.39 is 35.5 Å². The third-order valence-electron chi connectivity index (χ3n) is 10.9. The molecule has 3 N–H and O–H groups in total. The molecule has 3 fully saturated rings. The van der Waals surface area contributed by atoms with Gasteiger partial charge in [-0.2, -0.15) is 13.2 Å². The second-order valence-corrected chi connectivity index (χ2v) is 14.6. The number of fused-ring (bicyclic) bond motifs is 1. The Kier molecular flexibility index (Phi) is 11.9. The number of carbonyl (C=O) groups is 4. The second-order valence-electron chi connectivity index (χ2n) is 14.2.